The second kappa shape index (κ2) is 3.90. The highest BCUT2D eigenvalue weighted by molar-refractivity contribution is 5.27. The zero-order valence-electron chi connectivity index (χ0n) is 8.97. The maximum atomic E-state index is 6.08. The summed E-state index contributed by atoms with van der Waals surface area (Å²) in [5, 5.41) is 4.19. The number of furan rings is 1. The molecule has 4 heteroatoms. The quantitative estimate of drug-likeness (QED) is 0.832. The van der Waals surface area contributed by atoms with Crippen molar-refractivity contribution in [3.05, 3.63) is 41.6 Å². The summed E-state index contributed by atoms with van der Waals surface area (Å²) in [5.74, 6) is 0.811. The van der Waals surface area contributed by atoms with Crippen LogP contribution >= 0.6 is 0 Å². The van der Waals surface area contributed by atoms with Gasteiger partial charge in [-0.15, -0.1) is 0 Å². The van der Waals surface area contributed by atoms with Gasteiger partial charge in [0.05, 0.1) is 18.5 Å². The van der Waals surface area contributed by atoms with Gasteiger partial charge < -0.3 is 10.2 Å². The van der Waals surface area contributed by atoms with Crippen molar-refractivity contribution in [2.45, 2.75) is 26.4 Å². The lowest BCUT2D eigenvalue weighted by molar-refractivity contribution is 0.486. The van der Waals surface area contributed by atoms with E-state index in [4.69, 9.17) is 10.2 Å². The molecule has 1 unspecified atom stereocenters. The summed E-state index contributed by atoms with van der Waals surface area (Å²) in [6, 6.07) is 1.69. The molecule has 0 saturated carbocycles. The van der Waals surface area contributed by atoms with Gasteiger partial charge in [-0.05, 0) is 25.5 Å². The van der Waals surface area contributed by atoms with Crippen LogP contribution in [0.15, 0.2) is 29.1 Å². The third kappa shape index (κ3) is 1.80. The fraction of sp³-hybridized carbons (Fsp3) is 0.364. The molecule has 0 bridgehead atoms. The molecule has 0 aliphatic heterocycles. The van der Waals surface area contributed by atoms with Crippen LogP contribution in [0.2, 0.25) is 0 Å². The number of rotatable bonds is 3. The van der Waals surface area contributed by atoms with E-state index in [0.29, 0.717) is 0 Å². The third-order valence-corrected chi connectivity index (χ3v) is 2.52. The molecule has 2 rings (SSSR count). The molecule has 2 aromatic heterocycles. The Hall–Kier alpha value is -1.55. The first-order valence-electron chi connectivity index (χ1n) is 5.04. The van der Waals surface area contributed by atoms with Crippen LogP contribution in [0.25, 0.3) is 0 Å². The van der Waals surface area contributed by atoms with Crippen LogP contribution in [0.1, 0.15) is 29.9 Å². The minimum atomic E-state index is -0.222. The monoisotopic (exact) mass is 205 g/mol. The number of hydrogen-bond donors (Lipinski definition) is 1. The van der Waals surface area contributed by atoms with E-state index in [9.17, 15) is 0 Å². The predicted molar refractivity (Wildman–Crippen MR) is 57.4 cm³/mol. The van der Waals surface area contributed by atoms with E-state index in [0.717, 1.165) is 23.4 Å². The first-order valence-corrected chi connectivity index (χ1v) is 5.04. The SMILES string of the molecule is CCn1cc(C(N)c2occc2C)cn1. The van der Waals surface area contributed by atoms with Crippen LogP contribution in [0.5, 0.6) is 0 Å². The molecule has 0 aliphatic rings. The summed E-state index contributed by atoms with van der Waals surface area (Å²) >= 11 is 0. The highest BCUT2D eigenvalue weighted by Gasteiger charge is 2.16. The average Bonchev–Trinajstić information content (AvgIpc) is 2.84. The van der Waals surface area contributed by atoms with Gasteiger partial charge in [0.2, 0.25) is 0 Å². The molecular weight excluding hydrogens is 190 g/mol. The van der Waals surface area contributed by atoms with Crippen molar-refractivity contribution in [3.63, 3.8) is 0 Å². The number of hydrogen-bond acceptors (Lipinski definition) is 3. The van der Waals surface area contributed by atoms with E-state index in [-0.39, 0.29) is 6.04 Å². The number of nitrogens with two attached hydrogens (primary N) is 1. The molecule has 0 amide bonds. The van der Waals surface area contributed by atoms with Gasteiger partial charge in [-0.2, -0.15) is 5.10 Å². The summed E-state index contributed by atoms with van der Waals surface area (Å²) in [4.78, 5) is 0. The molecular formula is C11H15N3O. The second-order valence-electron chi connectivity index (χ2n) is 3.57. The summed E-state index contributed by atoms with van der Waals surface area (Å²) in [6.07, 6.45) is 5.40. The Kier molecular flexibility index (Phi) is 2.60. The Morgan fingerprint density at radius 3 is 2.93 bits per heavy atom. The molecule has 2 N–H and O–H groups in total. The van der Waals surface area contributed by atoms with Crippen molar-refractivity contribution in [2.75, 3.05) is 0 Å². The lowest BCUT2D eigenvalue weighted by Gasteiger charge is -2.06. The average molecular weight is 205 g/mol. The molecule has 80 valence electrons. The first-order chi connectivity index (χ1) is 7.22. The lowest BCUT2D eigenvalue weighted by atomic mass is 10.1. The second-order valence-corrected chi connectivity index (χ2v) is 3.57. The molecule has 0 aromatic carbocycles. The van der Waals surface area contributed by atoms with Crippen LogP contribution in [-0.2, 0) is 6.54 Å². The van der Waals surface area contributed by atoms with Gasteiger partial charge in [0, 0.05) is 18.3 Å². The van der Waals surface area contributed by atoms with Crippen LogP contribution in [0.4, 0.5) is 0 Å². The smallest absolute Gasteiger partial charge is 0.128 e. The maximum Gasteiger partial charge on any atom is 0.128 e. The molecule has 2 heterocycles. The van der Waals surface area contributed by atoms with E-state index < -0.39 is 0 Å². The number of aryl methyl sites for hydroxylation is 2. The Labute approximate surface area is 88.7 Å². The highest BCUT2D eigenvalue weighted by atomic mass is 16.3. The Morgan fingerprint density at radius 1 is 1.60 bits per heavy atom. The van der Waals surface area contributed by atoms with Gasteiger partial charge in [-0.1, -0.05) is 0 Å². The lowest BCUT2D eigenvalue weighted by Crippen LogP contribution is -2.11. The minimum Gasteiger partial charge on any atom is -0.467 e. The summed E-state index contributed by atoms with van der Waals surface area (Å²) in [6.45, 7) is 4.88. The van der Waals surface area contributed by atoms with Crippen molar-refractivity contribution in [1.82, 2.24) is 9.78 Å². The Morgan fingerprint density at radius 2 is 2.40 bits per heavy atom. The molecule has 1 atom stereocenters. The molecule has 0 aliphatic carbocycles. The van der Waals surface area contributed by atoms with E-state index in [1.165, 1.54) is 0 Å². The van der Waals surface area contributed by atoms with Crippen molar-refractivity contribution in [1.29, 1.82) is 0 Å². The standard InChI is InChI=1S/C11H15N3O/c1-3-14-7-9(6-13-14)10(12)11-8(2)4-5-15-11/h4-7,10H,3,12H2,1-2H3. The molecule has 0 spiro atoms. The minimum absolute atomic E-state index is 0.222. The van der Waals surface area contributed by atoms with Crippen molar-refractivity contribution in [2.24, 2.45) is 5.73 Å². The van der Waals surface area contributed by atoms with E-state index in [1.807, 2.05) is 30.8 Å². The maximum absolute atomic E-state index is 6.08. The van der Waals surface area contributed by atoms with Gasteiger partial charge in [-0.25, -0.2) is 0 Å². The zero-order chi connectivity index (χ0) is 10.8. The van der Waals surface area contributed by atoms with Gasteiger partial charge in [0.1, 0.15) is 5.76 Å². The van der Waals surface area contributed by atoms with Crippen LogP contribution < -0.4 is 5.73 Å². The molecule has 2 aromatic rings. The van der Waals surface area contributed by atoms with Gasteiger partial charge >= 0.3 is 0 Å². The van der Waals surface area contributed by atoms with Crippen molar-refractivity contribution in [3.8, 4) is 0 Å². The number of nitrogens with zero attached hydrogens (tertiary/aromatic N) is 2. The first kappa shape index (κ1) is 9.98. The zero-order valence-corrected chi connectivity index (χ0v) is 8.97. The molecule has 0 saturated heterocycles. The summed E-state index contributed by atoms with van der Waals surface area (Å²) in [7, 11) is 0. The van der Waals surface area contributed by atoms with Crippen molar-refractivity contribution >= 4 is 0 Å². The molecule has 0 radical (unpaired) electrons. The fourth-order valence-corrected chi connectivity index (χ4v) is 1.57. The summed E-state index contributed by atoms with van der Waals surface area (Å²) < 4.78 is 7.22. The molecule has 0 fully saturated rings. The van der Waals surface area contributed by atoms with Gasteiger partial charge in [0.25, 0.3) is 0 Å². The topological polar surface area (TPSA) is 57.0 Å². The van der Waals surface area contributed by atoms with E-state index in [1.54, 1.807) is 12.5 Å². The number of aromatic nitrogens is 2. The Balaban J connectivity index is 2.28. The predicted octanol–water partition coefficient (Wildman–Crippen LogP) is 1.85. The van der Waals surface area contributed by atoms with Gasteiger partial charge in [0.15, 0.2) is 0 Å². The van der Waals surface area contributed by atoms with Crippen LogP contribution in [-0.4, -0.2) is 9.78 Å². The van der Waals surface area contributed by atoms with Crippen molar-refractivity contribution < 1.29 is 4.42 Å². The largest absolute Gasteiger partial charge is 0.467 e. The Bertz CT molecular complexity index is 444. The van der Waals surface area contributed by atoms with E-state index >= 15 is 0 Å². The molecule has 4 nitrogen and oxygen atoms in total. The van der Waals surface area contributed by atoms with Gasteiger partial charge in [-0.3, -0.25) is 4.68 Å². The van der Waals surface area contributed by atoms with Crippen LogP contribution in [0, 0.1) is 6.92 Å². The summed E-state index contributed by atoms with van der Waals surface area (Å²) in [5.41, 5.74) is 8.14. The highest BCUT2D eigenvalue weighted by Crippen LogP contribution is 2.22. The fourth-order valence-electron chi connectivity index (χ4n) is 1.57. The third-order valence-electron chi connectivity index (χ3n) is 2.52. The molecule has 15 heavy (non-hydrogen) atoms. The van der Waals surface area contributed by atoms with Crippen LogP contribution in [0.3, 0.4) is 0 Å². The normalized spacial score (nSPS) is 13.0. The van der Waals surface area contributed by atoms with E-state index in [2.05, 4.69) is 5.10 Å².